The van der Waals surface area contributed by atoms with Crippen LogP contribution in [0.5, 0.6) is 0 Å². The van der Waals surface area contributed by atoms with Crippen molar-refractivity contribution in [3.63, 3.8) is 0 Å². The van der Waals surface area contributed by atoms with Gasteiger partial charge < -0.3 is 5.32 Å². The molecule has 128 valence electrons. The molecular weight excluding hydrogens is 294 g/mol. The molecule has 0 saturated heterocycles. The van der Waals surface area contributed by atoms with E-state index in [2.05, 4.69) is 43.4 Å². The first-order chi connectivity index (χ1) is 11.7. The van der Waals surface area contributed by atoms with Gasteiger partial charge in [0.15, 0.2) is 0 Å². The van der Waals surface area contributed by atoms with Crippen molar-refractivity contribution in [2.45, 2.75) is 38.5 Å². The highest BCUT2D eigenvalue weighted by Gasteiger charge is 2.45. The molecule has 2 nitrogen and oxygen atoms in total. The molecular formula is C22H29NO. The molecule has 0 fully saturated rings. The summed E-state index contributed by atoms with van der Waals surface area (Å²) in [4.78, 5) is 13.5. The van der Waals surface area contributed by atoms with Gasteiger partial charge in [-0.05, 0) is 30.5 Å². The third kappa shape index (κ3) is 3.59. The average molecular weight is 323 g/mol. The fourth-order valence-corrected chi connectivity index (χ4v) is 3.82. The number of benzene rings is 2. The van der Waals surface area contributed by atoms with Crippen molar-refractivity contribution in [3.05, 3.63) is 71.8 Å². The zero-order valence-corrected chi connectivity index (χ0v) is 15.1. The van der Waals surface area contributed by atoms with Gasteiger partial charge in [0.2, 0.25) is 0 Å². The predicted octanol–water partition coefficient (Wildman–Crippen LogP) is 4.59. The van der Waals surface area contributed by atoms with E-state index in [-0.39, 0.29) is 5.92 Å². The molecule has 2 aromatic rings. The Bertz CT molecular complexity index is 581. The third-order valence-corrected chi connectivity index (χ3v) is 4.96. The highest BCUT2D eigenvalue weighted by Crippen LogP contribution is 2.43. The van der Waals surface area contributed by atoms with Gasteiger partial charge in [0.05, 0.1) is 5.41 Å². The molecule has 2 rings (SSSR count). The standard InChI is InChI=1S/C22H29NO/c1-4-11-18(2)22(21(24)16-17-23-3,19-12-7-5-8-13-19)20-14-9-6-10-15-20/h5-10,12-15,18,23H,4,11,16-17H2,1-3H3. The minimum Gasteiger partial charge on any atom is -0.319 e. The van der Waals surface area contributed by atoms with Gasteiger partial charge in [0.1, 0.15) is 5.78 Å². The molecule has 0 bridgehead atoms. The Morgan fingerprint density at radius 1 is 1.00 bits per heavy atom. The molecule has 0 aliphatic carbocycles. The second-order valence-electron chi connectivity index (χ2n) is 6.51. The smallest absolute Gasteiger partial charge is 0.149 e. The SMILES string of the molecule is CCCC(C)C(C(=O)CCNC)(c1ccccc1)c1ccccc1. The van der Waals surface area contributed by atoms with Crippen LogP contribution in [0.2, 0.25) is 0 Å². The van der Waals surface area contributed by atoms with Gasteiger partial charge >= 0.3 is 0 Å². The molecule has 0 aliphatic rings. The maximum Gasteiger partial charge on any atom is 0.149 e. The predicted molar refractivity (Wildman–Crippen MR) is 101 cm³/mol. The van der Waals surface area contributed by atoms with Gasteiger partial charge in [0.25, 0.3) is 0 Å². The van der Waals surface area contributed by atoms with E-state index in [1.807, 2.05) is 43.4 Å². The maximum absolute atomic E-state index is 13.5. The second kappa shape index (κ2) is 8.79. The second-order valence-corrected chi connectivity index (χ2v) is 6.51. The van der Waals surface area contributed by atoms with E-state index in [9.17, 15) is 4.79 Å². The van der Waals surface area contributed by atoms with Gasteiger partial charge in [-0.3, -0.25) is 4.79 Å². The van der Waals surface area contributed by atoms with Crippen molar-refractivity contribution in [1.82, 2.24) is 5.32 Å². The van der Waals surface area contributed by atoms with Gasteiger partial charge in [-0.2, -0.15) is 0 Å². The Balaban J connectivity index is 2.66. The number of rotatable bonds is 9. The first kappa shape index (κ1) is 18.4. The molecule has 0 heterocycles. The number of Topliss-reactive ketones (excluding diaryl/α,β-unsaturated/α-hetero) is 1. The highest BCUT2D eigenvalue weighted by molar-refractivity contribution is 5.94. The van der Waals surface area contributed by atoms with E-state index in [1.165, 1.54) is 0 Å². The summed E-state index contributed by atoms with van der Waals surface area (Å²) in [6.07, 6.45) is 2.63. The molecule has 0 radical (unpaired) electrons. The Hall–Kier alpha value is -1.93. The summed E-state index contributed by atoms with van der Waals surface area (Å²) in [5.41, 5.74) is 1.64. The van der Waals surface area contributed by atoms with Crippen molar-refractivity contribution in [3.8, 4) is 0 Å². The van der Waals surface area contributed by atoms with Gasteiger partial charge in [-0.15, -0.1) is 0 Å². The van der Waals surface area contributed by atoms with E-state index in [1.54, 1.807) is 0 Å². The number of carbonyl (C=O) groups is 1. The van der Waals surface area contributed by atoms with Crippen LogP contribution in [0.4, 0.5) is 0 Å². The summed E-state index contributed by atoms with van der Waals surface area (Å²) in [5, 5.41) is 3.12. The Labute approximate surface area is 146 Å². The van der Waals surface area contributed by atoms with Gasteiger partial charge in [0, 0.05) is 13.0 Å². The van der Waals surface area contributed by atoms with Crippen LogP contribution in [-0.4, -0.2) is 19.4 Å². The van der Waals surface area contributed by atoms with E-state index < -0.39 is 5.41 Å². The number of hydrogen-bond acceptors (Lipinski definition) is 2. The molecule has 1 atom stereocenters. The summed E-state index contributed by atoms with van der Waals surface area (Å²) in [6.45, 7) is 5.12. The normalized spacial score (nSPS) is 12.8. The summed E-state index contributed by atoms with van der Waals surface area (Å²) < 4.78 is 0. The average Bonchev–Trinajstić information content (AvgIpc) is 2.62. The molecule has 0 aliphatic heterocycles. The lowest BCUT2D eigenvalue weighted by molar-refractivity contribution is -0.124. The van der Waals surface area contributed by atoms with Crippen molar-refractivity contribution in [2.24, 2.45) is 5.92 Å². The van der Waals surface area contributed by atoms with E-state index >= 15 is 0 Å². The zero-order valence-electron chi connectivity index (χ0n) is 15.1. The Morgan fingerprint density at radius 3 is 1.92 bits per heavy atom. The Morgan fingerprint density at radius 2 is 1.50 bits per heavy atom. The summed E-state index contributed by atoms with van der Waals surface area (Å²) >= 11 is 0. The highest BCUT2D eigenvalue weighted by atomic mass is 16.1. The van der Waals surface area contributed by atoms with Crippen LogP contribution >= 0.6 is 0 Å². The van der Waals surface area contributed by atoms with Crippen molar-refractivity contribution < 1.29 is 4.79 Å². The van der Waals surface area contributed by atoms with Crippen molar-refractivity contribution in [2.75, 3.05) is 13.6 Å². The zero-order chi connectivity index (χ0) is 17.4. The molecule has 0 amide bonds. The van der Waals surface area contributed by atoms with E-state index in [0.717, 1.165) is 24.0 Å². The van der Waals surface area contributed by atoms with Crippen LogP contribution in [0, 0.1) is 5.92 Å². The number of hydrogen-bond donors (Lipinski definition) is 1. The van der Waals surface area contributed by atoms with E-state index in [4.69, 9.17) is 0 Å². The molecule has 0 aromatic heterocycles. The molecule has 1 N–H and O–H groups in total. The fraction of sp³-hybridized carbons (Fsp3) is 0.409. The van der Waals surface area contributed by atoms with Gasteiger partial charge in [-0.1, -0.05) is 80.9 Å². The lowest BCUT2D eigenvalue weighted by Gasteiger charge is -2.39. The Kier molecular flexibility index (Phi) is 6.74. The topological polar surface area (TPSA) is 29.1 Å². The van der Waals surface area contributed by atoms with Crippen LogP contribution in [0.15, 0.2) is 60.7 Å². The van der Waals surface area contributed by atoms with Crippen LogP contribution in [0.1, 0.15) is 44.2 Å². The fourth-order valence-electron chi connectivity index (χ4n) is 3.82. The largest absolute Gasteiger partial charge is 0.319 e. The van der Waals surface area contributed by atoms with Crippen LogP contribution in [0.25, 0.3) is 0 Å². The lowest BCUT2D eigenvalue weighted by atomic mass is 9.62. The minimum absolute atomic E-state index is 0.247. The first-order valence-corrected chi connectivity index (χ1v) is 8.96. The summed E-state index contributed by atoms with van der Waals surface area (Å²) in [6, 6.07) is 20.6. The van der Waals surface area contributed by atoms with Crippen LogP contribution < -0.4 is 5.32 Å². The van der Waals surface area contributed by atoms with Crippen LogP contribution in [0.3, 0.4) is 0 Å². The van der Waals surface area contributed by atoms with Gasteiger partial charge in [-0.25, -0.2) is 0 Å². The first-order valence-electron chi connectivity index (χ1n) is 8.96. The molecule has 24 heavy (non-hydrogen) atoms. The maximum atomic E-state index is 13.5. The van der Waals surface area contributed by atoms with Crippen molar-refractivity contribution >= 4 is 5.78 Å². The number of nitrogens with one attached hydrogen (secondary N) is 1. The van der Waals surface area contributed by atoms with E-state index in [0.29, 0.717) is 18.7 Å². The minimum atomic E-state index is -0.574. The molecule has 2 aromatic carbocycles. The lowest BCUT2D eigenvalue weighted by Crippen LogP contribution is -2.44. The molecule has 0 spiro atoms. The number of ketones is 1. The molecule has 2 heteroatoms. The van der Waals surface area contributed by atoms with Crippen LogP contribution in [-0.2, 0) is 10.2 Å². The molecule has 0 saturated carbocycles. The summed E-state index contributed by atoms with van der Waals surface area (Å²) in [7, 11) is 1.90. The molecule has 1 unspecified atom stereocenters. The van der Waals surface area contributed by atoms with Crippen molar-refractivity contribution in [1.29, 1.82) is 0 Å². The quantitative estimate of drug-likeness (QED) is 0.731. The monoisotopic (exact) mass is 323 g/mol. The number of carbonyl (C=O) groups excluding carboxylic acids is 1. The third-order valence-electron chi connectivity index (χ3n) is 4.96. The summed E-state index contributed by atoms with van der Waals surface area (Å²) in [5.74, 6) is 0.548.